The van der Waals surface area contributed by atoms with Crippen molar-refractivity contribution in [1.29, 1.82) is 0 Å². The van der Waals surface area contributed by atoms with E-state index in [1.165, 1.54) is 18.3 Å². The Labute approximate surface area is 111 Å². The van der Waals surface area contributed by atoms with E-state index < -0.39 is 11.6 Å². The molecule has 0 atom stereocenters. The summed E-state index contributed by atoms with van der Waals surface area (Å²) in [6.45, 7) is 5.24. The van der Waals surface area contributed by atoms with Crippen LogP contribution >= 0.6 is 0 Å². The van der Waals surface area contributed by atoms with Gasteiger partial charge in [-0.15, -0.1) is 0 Å². The molecule has 1 saturated heterocycles. The van der Waals surface area contributed by atoms with E-state index in [-0.39, 0.29) is 17.2 Å². The normalized spacial score (nSPS) is 18.1. The molecule has 0 aromatic carbocycles. The van der Waals surface area contributed by atoms with Crippen LogP contribution in [0.3, 0.4) is 0 Å². The summed E-state index contributed by atoms with van der Waals surface area (Å²) in [7, 11) is 0. The number of hydrogen-bond acceptors (Lipinski definition) is 4. The highest BCUT2D eigenvalue weighted by Crippen LogP contribution is 2.18. The summed E-state index contributed by atoms with van der Waals surface area (Å²) in [5.41, 5.74) is -0.179. The molecule has 2 heterocycles. The number of amides is 1. The molecule has 2 rings (SSSR count). The quantitative estimate of drug-likeness (QED) is 0.863. The number of nitrogens with zero attached hydrogens (tertiary/aromatic N) is 2. The maximum absolute atomic E-state index is 12.3. The largest absolute Gasteiger partial charge is 0.478 e. The minimum Gasteiger partial charge on any atom is -0.478 e. The van der Waals surface area contributed by atoms with Gasteiger partial charge in [-0.05, 0) is 26.0 Å². The Bertz CT molecular complexity index is 513. The van der Waals surface area contributed by atoms with E-state index in [4.69, 9.17) is 9.84 Å². The summed E-state index contributed by atoms with van der Waals surface area (Å²) >= 11 is 0. The molecule has 1 N–H and O–H groups in total. The third-order valence-corrected chi connectivity index (χ3v) is 2.94. The van der Waals surface area contributed by atoms with Crippen molar-refractivity contribution >= 4 is 11.9 Å². The Morgan fingerprint density at radius 2 is 2.21 bits per heavy atom. The molecule has 0 bridgehead atoms. The van der Waals surface area contributed by atoms with Gasteiger partial charge in [0.1, 0.15) is 5.69 Å². The van der Waals surface area contributed by atoms with Gasteiger partial charge in [-0.1, -0.05) is 0 Å². The fraction of sp³-hybridized carbons (Fsp3) is 0.462. The van der Waals surface area contributed by atoms with Crippen molar-refractivity contribution in [3.8, 4) is 0 Å². The number of carbonyl (C=O) groups is 2. The van der Waals surface area contributed by atoms with Crippen LogP contribution in [0.5, 0.6) is 0 Å². The topological polar surface area (TPSA) is 79.7 Å². The monoisotopic (exact) mass is 264 g/mol. The van der Waals surface area contributed by atoms with Crippen molar-refractivity contribution in [2.45, 2.75) is 19.4 Å². The summed E-state index contributed by atoms with van der Waals surface area (Å²) in [6, 6.07) is 2.66. The molecule has 1 amide bonds. The molecule has 19 heavy (non-hydrogen) atoms. The van der Waals surface area contributed by atoms with E-state index in [0.717, 1.165) is 0 Å². The molecule has 102 valence electrons. The number of morpholine rings is 1. The molecule has 1 aliphatic heterocycles. The molecule has 1 aliphatic rings. The van der Waals surface area contributed by atoms with Crippen molar-refractivity contribution in [2.24, 2.45) is 0 Å². The van der Waals surface area contributed by atoms with Crippen LogP contribution in [-0.2, 0) is 4.74 Å². The second kappa shape index (κ2) is 4.97. The van der Waals surface area contributed by atoms with Crippen LogP contribution in [0.15, 0.2) is 18.3 Å². The number of aromatic carboxylic acids is 1. The van der Waals surface area contributed by atoms with Crippen LogP contribution in [0.2, 0.25) is 0 Å². The highest BCUT2D eigenvalue weighted by atomic mass is 16.5. The number of carboxylic acids is 1. The molecule has 0 radical (unpaired) electrons. The summed E-state index contributed by atoms with van der Waals surface area (Å²) in [4.78, 5) is 28.7. The van der Waals surface area contributed by atoms with Gasteiger partial charge < -0.3 is 14.7 Å². The zero-order valence-electron chi connectivity index (χ0n) is 10.9. The van der Waals surface area contributed by atoms with E-state index in [1.54, 1.807) is 4.90 Å². The van der Waals surface area contributed by atoms with Gasteiger partial charge in [0.05, 0.1) is 17.8 Å². The minimum atomic E-state index is -1.07. The Balaban J connectivity index is 2.19. The second-order valence-electron chi connectivity index (χ2n) is 5.07. The van der Waals surface area contributed by atoms with E-state index in [0.29, 0.717) is 19.7 Å². The maximum atomic E-state index is 12.3. The molecule has 0 unspecified atom stereocenters. The van der Waals surface area contributed by atoms with Crippen LogP contribution < -0.4 is 0 Å². The van der Waals surface area contributed by atoms with Crippen LogP contribution in [0.4, 0.5) is 0 Å². The lowest BCUT2D eigenvalue weighted by atomic mass is 10.1. The van der Waals surface area contributed by atoms with Crippen LogP contribution in [0.1, 0.15) is 34.7 Å². The van der Waals surface area contributed by atoms with Crippen molar-refractivity contribution in [1.82, 2.24) is 9.88 Å². The van der Waals surface area contributed by atoms with Crippen LogP contribution in [0.25, 0.3) is 0 Å². The predicted molar refractivity (Wildman–Crippen MR) is 67.1 cm³/mol. The Morgan fingerprint density at radius 1 is 1.47 bits per heavy atom. The lowest BCUT2D eigenvalue weighted by molar-refractivity contribution is -0.0765. The molecular formula is C13H16N2O4. The van der Waals surface area contributed by atoms with Gasteiger partial charge in [-0.3, -0.25) is 9.78 Å². The van der Waals surface area contributed by atoms with Crippen molar-refractivity contribution in [3.63, 3.8) is 0 Å². The number of aromatic nitrogens is 1. The molecule has 1 aromatic heterocycles. The first kappa shape index (κ1) is 13.5. The first-order valence-electron chi connectivity index (χ1n) is 6.02. The Morgan fingerprint density at radius 3 is 2.84 bits per heavy atom. The number of ether oxygens (including phenoxy) is 1. The van der Waals surface area contributed by atoms with E-state index in [2.05, 4.69) is 4.98 Å². The van der Waals surface area contributed by atoms with Crippen molar-refractivity contribution < 1.29 is 19.4 Å². The lowest BCUT2D eigenvalue weighted by Gasteiger charge is -2.37. The fourth-order valence-corrected chi connectivity index (χ4v) is 2.03. The Hall–Kier alpha value is -1.95. The lowest BCUT2D eigenvalue weighted by Crippen LogP contribution is -2.50. The molecule has 0 saturated carbocycles. The molecule has 0 spiro atoms. The molecule has 1 fully saturated rings. The smallest absolute Gasteiger partial charge is 0.335 e. The summed E-state index contributed by atoms with van der Waals surface area (Å²) in [5, 5.41) is 8.91. The average Bonchev–Trinajstić information content (AvgIpc) is 2.37. The fourth-order valence-electron chi connectivity index (χ4n) is 2.03. The van der Waals surface area contributed by atoms with Gasteiger partial charge in [0.15, 0.2) is 0 Å². The number of rotatable bonds is 2. The van der Waals surface area contributed by atoms with Gasteiger partial charge in [-0.2, -0.15) is 0 Å². The zero-order valence-corrected chi connectivity index (χ0v) is 10.9. The van der Waals surface area contributed by atoms with Crippen LogP contribution in [-0.4, -0.2) is 52.2 Å². The third kappa shape index (κ3) is 3.08. The van der Waals surface area contributed by atoms with E-state index in [9.17, 15) is 9.59 Å². The van der Waals surface area contributed by atoms with Gasteiger partial charge in [0, 0.05) is 19.3 Å². The average molecular weight is 264 g/mol. The number of hydrogen-bond donors (Lipinski definition) is 1. The molecule has 1 aromatic rings. The highest BCUT2D eigenvalue weighted by molar-refractivity contribution is 5.95. The van der Waals surface area contributed by atoms with Crippen LogP contribution in [0, 0.1) is 0 Å². The van der Waals surface area contributed by atoms with Crippen molar-refractivity contribution in [3.05, 3.63) is 29.6 Å². The zero-order chi connectivity index (χ0) is 14.0. The molecule has 6 nitrogen and oxygen atoms in total. The van der Waals surface area contributed by atoms with Gasteiger partial charge in [0.2, 0.25) is 0 Å². The van der Waals surface area contributed by atoms with Crippen molar-refractivity contribution in [2.75, 3.05) is 19.7 Å². The minimum absolute atomic E-state index is 0.0610. The third-order valence-electron chi connectivity index (χ3n) is 2.94. The Kier molecular flexibility index (Phi) is 3.53. The molecular weight excluding hydrogens is 248 g/mol. The number of carboxylic acid groups (broad SMARTS) is 1. The second-order valence-corrected chi connectivity index (χ2v) is 5.07. The van der Waals surface area contributed by atoms with Gasteiger partial charge in [0.25, 0.3) is 5.91 Å². The van der Waals surface area contributed by atoms with Gasteiger partial charge >= 0.3 is 5.97 Å². The summed E-state index contributed by atoms with van der Waals surface area (Å²) in [6.07, 6.45) is 1.34. The first-order chi connectivity index (χ1) is 8.89. The highest BCUT2D eigenvalue weighted by Gasteiger charge is 2.31. The SMILES string of the molecule is CC1(C)CN(C(=O)c2cc(C(=O)O)ccn2)CCO1. The number of carbonyl (C=O) groups excluding carboxylic acids is 1. The summed E-state index contributed by atoms with van der Waals surface area (Å²) < 4.78 is 5.54. The van der Waals surface area contributed by atoms with E-state index >= 15 is 0 Å². The van der Waals surface area contributed by atoms with E-state index in [1.807, 2.05) is 13.8 Å². The maximum Gasteiger partial charge on any atom is 0.335 e. The standard InChI is InChI=1S/C13H16N2O4/c1-13(2)8-15(5-6-19-13)11(16)10-7-9(12(17)18)3-4-14-10/h3-4,7H,5-6,8H2,1-2H3,(H,17,18). The molecule has 6 heteroatoms. The predicted octanol–water partition coefficient (Wildman–Crippen LogP) is 1.03. The first-order valence-corrected chi connectivity index (χ1v) is 6.02. The summed E-state index contributed by atoms with van der Waals surface area (Å²) in [5.74, 6) is -1.33. The molecule has 0 aliphatic carbocycles. The number of pyridine rings is 1. The van der Waals surface area contributed by atoms with Gasteiger partial charge in [-0.25, -0.2) is 4.79 Å².